The molecule has 4 heteroatoms. The van der Waals surface area contributed by atoms with Gasteiger partial charge in [0.2, 0.25) is 12.3 Å². The molecule has 78 valence electrons. The Bertz CT molecular complexity index is 255. The van der Waals surface area contributed by atoms with Gasteiger partial charge in [-0.3, -0.25) is 9.59 Å². The van der Waals surface area contributed by atoms with Crippen molar-refractivity contribution in [1.29, 1.82) is 0 Å². The zero-order valence-electron chi connectivity index (χ0n) is 8.40. The molecule has 14 heavy (non-hydrogen) atoms. The lowest BCUT2D eigenvalue weighted by Gasteiger charge is -2.12. The van der Waals surface area contributed by atoms with E-state index in [1.54, 1.807) is 4.90 Å². The Labute approximate surface area is 83.6 Å². The Balaban J connectivity index is 1.76. The molecule has 2 fully saturated rings. The Hall–Kier alpha value is -1.06. The van der Waals surface area contributed by atoms with E-state index in [0.29, 0.717) is 12.5 Å². The molecule has 4 nitrogen and oxygen atoms in total. The number of hydrogen-bond acceptors (Lipinski definition) is 2. The smallest absolute Gasteiger partial charge is 0.223 e. The summed E-state index contributed by atoms with van der Waals surface area (Å²) in [5.74, 6) is 0.967. The maximum atomic E-state index is 11.5. The number of nitrogens with zero attached hydrogens (tertiary/aromatic N) is 1. The fraction of sp³-hybridized carbons (Fsp3) is 0.800. The molecule has 2 aliphatic rings. The average molecular weight is 196 g/mol. The van der Waals surface area contributed by atoms with Crippen LogP contribution in [-0.4, -0.2) is 36.3 Å². The molecule has 1 heterocycles. The molecule has 2 rings (SSSR count). The van der Waals surface area contributed by atoms with Gasteiger partial charge in [0, 0.05) is 25.0 Å². The summed E-state index contributed by atoms with van der Waals surface area (Å²) in [6.45, 7) is 3.54. The van der Waals surface area contributed by atoms with E-state index in [4.69, 9.17) is 0 Å². The molecule has 0 aromatic heterocycles. The van der Waals surface area contributed by atoms with Crippen molar-refractivity contribution in [2.45, 2.75) is 25.8 Å². The summed E-state index contributed by atoms with van der Waals surface area (Å²) in [5.41, 5.74) is 0. The van der Waals surface area contributed by atoms with Gasteiger partial charge >= 0.3 is 0 Å². The van der Waals surface area contributed by atoms with Gasteiger partial charge in [-0.05, 0) is 18.8 Å². The highest BCUT2D eigenvalue weighted by molar-refractivity contribution is 5.81. The van der Waals surface area contributed by atoms with Crippen molar-refractivity contribution in [1.82, 2.24) is 10.2 Å². The van der Waals surface area contributed by atoms with E-state index in [-0.39, 0.29) is 17.9 Å². The first-order valence-corrected chi connectivity index (χ1v) is 5.20. The Morgan fingerprint density at radius 1 is 1.57 bits per heavy atom. The lowest BCUT2D eigenvalue weighted by molar-refractivity contribution is -0.123. The molecule has 1 saturated carbocycles. The predicted octanol–water partition coefficient (Wildman–Crippen LogP) is -0.0107. The number of nitrogens with one attached hydrogen (secondary N) is 1. The maximum absolute atomic E-state index is 11.5. The second-order valence-electron chi connectivity index (χ2n) is 4.41. The van der Waals surface area contributed by atoms with Gasteiger partial charge in [-0.15, -0.1) is 0 Å². The third-order valence-electron chi connectivity index (χ3n) is 3.16. The number of rotatable bonds is 3. The lowest BCUT2D eigenvalue weighted by Crippen LogP contribution is -2.38. The van der Waals surface area contributed by atoms with Crippen LogP contribution in [0.5, 0.6) is 0 Å². The minimum Gasteiger partial charge on any atom is -0.351 e. The zero-order chi connectivity index (χ0) is 10.1. The SMILES string of the molecule is CC1CC1C(=O)NC1CCN(C=O)C1. The molecule has 0 aromatic rings. The Morgan fingerprint density at radius 2 is 2.29 bits per heavy atom. The molecule has 1 aliphatic carbocycles. The van der Waals surface area contributed by atoms with Crippen LogP contribution in [0.3, 0.4) is 0 Å². The fourth-order valence-corrected chi connectivity index (χ4v) is 2.00. The van der Waals surface area contributed by atoms with Crippen LogP contribution >= 0.6 is 0 Å². The molecule has 0 bridgehead atoms. The van der Waals surface area contributed by atoms with Gasteiger partial charge in [0.15, 0.2) is 0 Å². The van der Waals surface area contributed by atoms with Crippen molar-refractivity contribution in [2.75, 3.05) is 13.1 Å². The van der Waals surface area contributed by atoms with Gasteiger partial charge in [-0.25, -0.2) is 0 Å². The molecular formula is C10H16N2O2. The highest BCUT2D eigenvalue weighted by atomic mass is 16.2. The van der Waals surface area contributed by atoms with Crippen molar-refractivity contribution in [3.63, 3.8) is 0 Å². The molecular weight excluding hydrogens is 180 g/mol. The first-order valence-electron chi connectivity index (χ1n) is 5.20. The quantitative estimate of drug-likeness (QED) is 0.645. The molecule has 1 aliphatic heterocycles. The monoisotopic (exact) mass is 196 g/mol. The number of hydrogen-bond donors (Lipinski definition) is 1. The standard InChI is InChI=1S/C10H16N2O2/c1-7-4-9(7)10(14)11-8-2-3-12(5-8)6-13/h6-9H,2-5H2,1H3,(H,11,14). The first-order chi connectivity index (χ1) is 6.70. The van der Waals surface area contributed by atoms with Crippen LogP contribution < -0.4 is 5.32 Å². The summed E-state index contributed by atoms with van der Waals surface area (Å²) in [7, 11) is 0. The van der Waals surface area contributed by atoms with E-state index in [1.807, 2.05) is 0 Å². The lowest BCUT2D eigenvalue weighted by atomic mass is 10.2. The van der Waals surface area contributed by atoms with Crippen molar-refractivity contribution in [3.05, 3.63) is 0 Å². The van der Waals surface area contributed by atoms with Crippen LogP contribution in [-0.2, 0) is 9.59 Å². The van der Waals surface area contributed by atoms with Gasteiger partial charge in [-0.2, -0.15) is 0 Å². The van der Waals surface area contributed by atoms with Crippen molar-refractivity contribution >= 4 is 12.3 Å². The van der Waals surface area contributed by atoms with Crippen LogP contribution in [0, 0.1) is 11.8 Å². The molecule has 3 unspecified atom stereocenters. The Kier molecular flexibility index (Phi) is 2.44. The largest absolute Gasteiger partial charge is 0.351 e. The summed E-state index contributed by atoms with van der Waals surface area (Å²) < 4.78 is 0. The molecule has 1 N–H and O–H groups in total. The third kappa shape index (κ3) is 1.89. The van der Waals surface area contributed by atoms with Gasteiger partial charge in [0.05, 0.1) is 0 Å². The number of carbonyl (C=O) groups excluding carboxylic acids is 2. The molecule has 0 spiro atoms. The van der Waals surface area contributed by atoms with Crippen molar-refractivity contribution in [2.24, 2.45) is 11.8 Å². The van der Waals surface area contributed by atoms with E-state index >= 15 is 0 Å². The normalized spacial score (nSPS) is 35.5. The van der Waals surface area contributed by atoms with E-state index in [1.165, 1.54) is 0 Å². The highest BCUT2D eigenvalue weighted by Crippen LogP contribution is 2.37. The van der Waals surface area contributed by atoms with Gasteiger partial charge < -0.3 is 10.2 Å². The van der Waals surface area contributed by atoms with Crippen LogP contribution in [0.1, 0.15) is 19.8 Å². The fourth-order valence-electron chi connectivity index (χ4n) is 2.00. The minimum absolute atomic E-state index is 0.176. The van der Waals surface area contributed by atoms with Gasteiger partial charge in [0.25, 0.3) is 0 Å². The highest BCUT2D eigenvalue weighted by Gasteiger charge is 2.40. The summed E-state index contributed by atoms with van der Waals surface area (Å²) in [5, 5.41) is 3.00. The Morgan fingerprint density at radius 3 is 2.79 bits per heavy atom. The van der Waals surface area contributed by atoms with E-state index in [2.05, 4.69) is 12.2 Å². The second kappa shape index (κ2) is 3.59. The maximum Gasteiger partial charge on any atom is 0.223 e. The van der Waals surface area contributed by atoms with E-state index in [9.17, 15) is 9.59 Å². The molecule has 1 saturated heterocycles. The zero-order valence-corrected chi connectivity index (χ0v) is 8.40. The van der Waals surface area contributed by atoms with E-state index in [0.717, 1.165) is 25.8 Å². The topological polar surface area (TPSA) is 49.4 Å². The van der Waals surface area contributed by atoms with Crippen LogP contribution in [0.15, 0.2) is 0 Å². The average Bonchev–Trinajstić information content (AvgIpc) is 2.74. The number of amides is 2. The second-order valence-corrected chi connectivity index (χ2v) is 4.41. The minimum atomic E-state index is 0.176. The third-order valence-corrected chi connectivity index (χ3v) is 3.16. The number of likely N-dealkylation sites (tertiary alicyclic amines) is 1. The summed E-state index contributed by atoms with van der Waals surface area (Å²) in [6, 6.07) is 0.181. The number of carbonyl (C=O) groups is 2. The summed E-state index contributed by atoms with van der Waals surface area (Å²) >= 11 is 0. The molecule has 0 radical (unpaired) electrons. The first kappa shape index (κ1) is 9.49. The van der Waals surface area contributed by atoms with Crippen LogP contribution in [0.4, 0.5) is 0 Å². The molecule has 0 aromatic carbocycles. The van der Waals surface area contributed by atoms with Gasteiger partial charge in [0.1, 0.15) is 0 Å². The van der Waals surface area contributed by atoms with E-state index < -0.39 is 0 Å². The molecule has 2 amide bonds. The van der Waals surface area contributed by atoms with Crippen molar-refractivity contribution < 1.29 is 9.59 Å². The van der Waals surface area contributed by atoms with Crippen LogP contribution in [0.2, 0.25) is 0 Å². The van der Waals surface area contributed by atoms with Crippen LogP contribution in [0.25, 0.3) is 0 Å². The predicted molar refractivity (Wildman–Crippen MR) is 51.5 cm³/mol. The summed E-state index contributed by atoms with van der Waals surface area (Å²) in [4.78, 5) is 23.7. The van der Waals surface area contributed by atoms with Crippen molar-refractivity contribution in [3.8, 4) is 0 Å². The van der Waals surface area contributed by atoms with Gasteiger partial charge in [-0.1, -0.05) is 6.92 Å². The summed E-state index contributed by atoms with van der Waals surface area (Å²) in [6.07, 6.45) is 2.77. The molecule has 3 atom stereocenters.